The summed E-state index contributed by atoms with van der Waals surface area (Å²) in [6.45, 7) is 4.60. The highest BCUT2D eigenvalue weighted by molar-refractivity contribution is 5.96. The summed E-state index contributed by atoms with van der Waals surface area (Å²) in [7, 11) is 0. The maximum Gasteiger partial charge on any atom is 0.311 e. The summed E-state index contributed by atoms with van der Waals surface area (Å²) in [5, 5.41) is 9.58. The maximum atomic E-state index is 12.7. The predicted molar refractivity (Wildman–Crippen MR) is 77.0 cm³/mol. The fourth-order valence-corrected chi connectivity index (χ4v) is 3.88. The quantitative estimate of drug-likeness (QED) is 0.904. The zero-order chi connectivity index (χ0) is 15.2. The molecule has 1 saturated heterocycles. The van der Waals surface area contributed by atoms with Gasteiger partial charge in [-0.1, -0.05) is 6.42 Å². The zero-order valence-corrected chi connectivity index (χ0v) is 12.4. The van der Waals surface area contributed by atoms with Crippen molar-refractivity contribution in [1.82, 2.24) is 9.88 Å². The van der Waals surface area contributed by atoms with E-state index in [2.05, 4.69) is 4.98 Å². The van der Waals surface area contributed by atoms with Crippen molar-refractivity contribution in [3.8, 4) is 0 Å². The van der Waals surface area contributed by atoms with E-state index in [4.69, 9.17) is 0 Å². The van der Waals surface area contributed by atoms with Gasteiger partial charge in [-0.3, -0.25) is 14.6 Å². The van der Waals surface area contributed by atoms with Crippen molar-refractivity contribution in [1.29, 1.82) is 0 Å². The fraction of sp³-hybridized carbons (Fsp3) is 0.562. The summed E-state index contributed by atoms with van der Waals surface area (Å²) in [4.78, 5) is 30.4. The Balaban J connectivity index is 1.86. The first-order valence-electron chi connectivity index (χ1n) is 7.41. The summed E-state index contributed by atoms with van der Waals surface area (Å²) < 4.78 is 0. The number of amides is 1. The number of carboxylic acid groups (broad SMARTS) is 1. The van der Waals surface area contributed by atoms with Crippen LogP contribution in [0.1, 0.15) is 41.0 Å². The van der Waals surface area contributed by atoms with Crippen molar-refractivity contribution >= 4 is 11.9 Å². The Morgan fingerprint density at radius 3 is 2.76 bits per heavy atom. The number of fused-ring (bicyclic) bond motifs is 1. The highest BCUT2D eigenvalue weighted by Crippen LogP contribution is 2.49. The van der Waals surface area contributed by atoms with Crippen molar-refractivity contribution in [3.63, 3.8) is 0 Å². The number of aromatic nitrogens is 1. The van der Waals surface area contributed by atoms with Crippen LogP contribution in [0.4, 0.5) is 0 Å². The summed E-state index contributed by atoms with van der Waals surface area (Å²) in [5.41, 5.74) is 1.45. The predicted octanol–water partition coefficient (Wildman–Crippen LogP) is 2.03. The van der Waals surface area contributed by atoms with E-state index in [9.17, 15) is 14.7 Å². The fourth-order valence-electron chi connectivity index (χ4n) is 3.88. The summed E-state index contributed by atoms with van der Waals surface area (Å²) in [5.74, 6) is -0.744. The van der Waals surface area contributed by atoms with Crippen LogP contribution >= 0.6 is 0 Å². The summed E-state index contributed by atoms with van der Waals surface area (Å²) >= 11 is 0. The van der Waals surface area contributed by atoms with Crippen LogP contribution in [-0.2, 0) is 4.79 Å². The molecule has 21 heavy (non-hydrogen) atoms. The molecule has 2 fully saturated rings. The number of aliphatic carboxylic acids is 1. The van der Waals surface area contributed by atoms with Gasteiger partial charge in [-0.15, -0.1) is 0 Å². The van der Waals surface area contributed by atoms with Crippen molar-refractivity contribution in [2.75, 3.05) is 13.1 Å². The number of likely N-dealkylation sites (tertiary alicyclic amines) is 1. The van der Waals surface area contributed by atoms with Gasteiger partial charge in [-0.05, 0) is 44.7 Å². The lowest BCUT2D eigenvalue weighted by molar-refractivity contribution is -0.149. The van der Waals surface area contributed by atoms with E-state index in [1.54, 1.807) is 11.0 Å². The second-order valence-corrected chi connectivity index (χ2v) is 6.32. The third-order valence-electron chi connectivity index (χ3n) is 5.04. The van der Waals surface area contributed by atoms with Crippen molar-refractivity contribution in [2.24, 2.45) is 11.3 Å². The first kappa shape index (κ1) is 14.0. The van der Waals surface area contributed by atoms with E-state index in [-0.39, 0.29) is 11.8 Å². The molecule has 1 N–H and O–H groups in total. The number of hydrogen-bond acceptors (Lipinski definition) is 3. The first-order valence-corrected chi connectivity index (χ1v) is 7.41. The SMILES string of the molecule is Cc1ccc(C(=O)N2C[C@@H]3CCC[C@@]3(C(=O)O)C2)c(C)n1. The van der Waals surface area contributed by atoms with Crippen LogP contribution in [0.2, 0.25) is 0 Å². The van der Waals surface area contributed by atoms with Crippen molar-refractivity contribution in [2.45, 2.75) is 33.1 Å². The van der Waals surface area contributed by atoms with E-state index in [1.807, 2.05) is 19.9 Å². The van der Waals surface area contributed by atoms with Gasteiger partial charge in [-0.2, -0.15) is 0 Å². The monoisotopic (exact) mass is 288 g/mol. The lowest BCUT2D eigenvalue weighted by atomic mass is 9.81. The minimum Gasteiger partial charge on any atom is -0.481 e. The minimum atomic E-state index is -0.751. The van der Waals surface area contributed by atoms with Crippen molar-refractivity contribution in [3.05, 3.63) is 29.1 Å². The second kappa shape index (κ2) is 4.83. The number of aryl methyl sites for hydroxylation is 2. The van der Waals surface area contributed by atoms with Gasteiger partial charge in [0.1, 0.15) is 0 Å². The molecule has 2 heterocycles. The molecule has 0 spiro atoms. The third-order valence-corrected chi connectivity index (χ3v) is 5.04. The average Bonchev–Trinajstić information content (AvgIpc) is 2.95. The number of nitrogens with zero attached hydrogens (tertiary/aromatic N) is 2. The van der Waals surface area contributed by atoms with E-state index in [1.165, 1.54) is 0 Å². The topological polar surface area (TPSA) is 70.5 Å². The molecule has 2 atom stereocenters. The van der Waals surface area contributed by atoms with Gasteiger partial charge < -0.3 is 10.0 Å². The highest BCUT2D eigenvalue weighted by atomic mass is 16.4. The summed E-state index contributed by atoms with van der Waals surface area (Å²) in [6.07, 6.45) is 2.53. The molecule has 3 rings (SSSR count). The highest BCUT2D eigenvalue weighted by Gasteiger charge is 2.55. The molecule has 5 heteroatoms. The lowest BCUT2D eigenvalue weighted by Crippen LogP contribution is -2.37. The van der Waals surface area contributed by atoms with Crippen LogP contribution in [0.25, 0.3) is 0 Å². The first-order chi connectivity index (χ1) is 9.94. The van der Waals surface area contributed by atoms with Gasteiger partial charge in [0.05, 0.1) is 16.7 Å². The molecule has 0 unspecified atom stereocenters. The van der Waals surface area contributed by atoms with Crippen LogP contribution < -0.4 is 0 Å². The van der Waals surface area contributed by atoms with E-state index >= 15 is 0 Å². The molecule has 1 amide bonds. The van der Waals surface area contributed by atoms with Gasteiger partial charge in [0.15, 0.2) is 0 Å². The standard InChI is InChI=1S/C16H20N2O3/c1-10-5-6-13(11(2)17-10)14(19)18-8-12-4-3-7-16(12,9-18)15(20)21/h5-6,12H,3-4,7-9H2,1-2H3,(H,20,21)/t12-,16+/m0/s1. The van der Waals surface area contributed by atoms with E-state index in [0.717, 1.165) is 18.5 Å². The van der Waals surface area contributed by atoms with Crippen LogP contribution in [0.3, 0.4) is 0 Å². The Hall–Kier alpha value is -1.91. The van der Waals surface area contributed by atoms with Crippen LogP contribution in [0.15, 0.2) is 12.1 Å². The Labute approximate surface area is 124 Å². The van der Waals surface area contributed by atoms with Gasteiger partial charge in [0, 0.05) is 18.8 Å². The van der Waals surface area contributed by atoms with Crippen LogP contribution in [0, 0.1) is 25.2 Å². The van der Waals surface area contributed by atoms with Gasteiger partial charge in [0.25, 0.3) is 5.91 Å². The Bertz CT molecular complexity index is 614. The average molecular weight is 288 g/mol. The van der Waals surface area contributed by atoms with Gasteiger partial charge >= 0.3 is 5.97 Å². The summed E-state index contributed by atoms with van der Waals surface area (Å²) in [6, 6.07) is 3.62. The number of carbonyl (C=O) groups is 2. The largest absolute Gasteiger partial charge is 0.481 e. The molecule has 0 radical (unpaired) electrons. The Morgan fingerprint density at radius 1 is 1.38 bits per heavy atom. The Kier molecular flexibility index (Phi) is 3.23. The Morgan fingerprint density at radius 2 is 2.14 bits per heavy atom. The molecule has 1 saturated carbocycles. The molecule has 1 aliphatic heterocycles. The van der Waals surface area contributed by atoms with Crippen molar-refractivity contribution < 1.29 is 14.7 Å². The lowest BCUT2D eigenvalue weighted by Gasteiger charge is -2.23. The molecular formula is C16H20N2O3. The maximum absolute atomic E-state index is 12.7. The van der Waals surface area contributed by atoms with Crippen LogP contribution in [0.5, 0.6) is 0 Å². The molecule has 1 aliphatic carbocycles. The molecule has 0 bridgehead atoms. The number of carbonyl (C=O) groups excluding carboxylic acids is 1. The smallest absolute Gasteiger partial charge is 0.311 e. The number of rotatable bonds is 2. The molecule has 1 aromatic heterocycles. The van der Waals surface area contributed by atoms with E-state index in [0.29, 0.717) is 30.8 Å². The van der Waals surface area contributed by atoms with Gasteiger partial charge in [0.2, 0.25) is 0 Å². The van der Waals surface area contributed by atoms with Gasteiger partial charge in [-0.25, -0.2) is 0 Å². The minimum absolute atomic E-state index is 0.0879. The number of pyridine rings is 1. The molecular weight excluding hydrogens is 268 g/mol. The molecule has 1 aromatic rings. The number of carboxylic acids is 1. The molecule has 112 valence electrons. The number of hydrogen-bond donors (Lipinski definition) is 1. The normalized spacial score (nSPS) is 27.7. The molecule has 0 aromatic carbocycles. The molecule has 5 nitrogen and oxygen atoms in total. The second-order valence-electron chi connectivity index (χ2n) is 6.32. The zero-order valence-electron chi connectivity index (χ0n) is 12.4. The third kappa shape index (κ3) is 2.11. The van der Waals surface area contributed by atoms with Crippen LogP contribution in [-0.4, -0.2) is 40.0 Å². The van der Waals surface area contributed by atoms with E-state index < -0.39 is 11.4 Å². The molecule has 2 aliphatic rings.